The van der Waals surface area contributed by atoms with E-state index in [0.717, 1.165) is 16.2 Å². The summed E-state index contributed by atoms with van der Waals surface area (Å²) in [6, 6.07) is 20.4. The van der Waals surface area contributed by atoms with E-state index < -0.39 is 5.54 Å². The fraction of sp³-hybridized carbons (Fsp3) is 0.222. The Labute approximate surface area is 213 Å². The van der Waals surface area contributed by atoms with Crippen molar-refractivity contribution in [1.82, 2.24) is 15.1 Å². The quantitative estimate of drug-likeness (QED) is 0.371. The molecule has 2 amide bonds. The summed E-state index contributed by atoms with van der Waals surface area (Å²) in [5, 5.41) is 7.62. The predicted octanol–water partition coefficient (Wildman–Crippen LogP) is 4.61. The zero-order valence-corrected chi connectivity index (χ0v) is 21.0. The normalized spacial score (nSPS) is 17.1. The molecule has 3 heterocycles. The first-order valence-electron chi connectivity index (χ1n) is 11.4. The van der Waals surface area contributed by atoms with Gasteiger partial charge in [0.2, 0.25) is 5.91 Å². The zero-order chi connectivity index (χ0) is 25.3. The molecule has 1 N–H and O–H groups in total. The van der Waals surface area contributed by atoms with Crippen molar-refractivity contribution in [3.05, 3.63) is 84.3 Å². The lowest BCUT2D eigenvalue weighted by Gasteiger charge is -2.43. The molecule has 5 rings (SSSR count). The molecule has 2 aromatic carbocycles. The van der Waals surface area contributed by atoms with E-state index >= 15 is 0 Å². The van der Waals surface area contributed by atoms with Crippen molar-refractivity contribution in [3.63, 3.8) is 0 Å². The first-order valence-corrected chi connectivity index (χ1v) is 12.7. The van der Waals surface area contributed by atoms with E-state index in [1.165, 1.54) is 0 Å². The van der Waals surface area contributed by atoms with Crippen LogP contribution in [0.1, 0.15) is 23.0 Å². The van der Waals surface area contributed by atoms with E-state index in [4.69, 9.17) is 9.15 Å². The Morgan fingerprint density at radius 1 is 1.17 bits per heavy atom. The van der Waals surface area contributed by atoms with Crippen molar-refractivity contribution in [2.45, 2.75) is 30.4 Å². The van der Waals surface area contributed by atoms with Crippen LogP contribution in [-0.2, 0) is 17.9 Å². The molecule has 0 bridgehead atoms. The molecule has 2 aromatic heterocycles. The molecule has 0 radical (unpaired) electrons. The minimum absolute atomic E-state index is 0.187. The van der Waals surface area contributed by atoms with Crippen LogP contribution in [0.25, 0.3) is 11.5 Å². The summed E-state index contributed by atoms with van der Waals surface area (Å²) in [7, 11) is 1.61. The monoisotopic (exact) mass is 502 g/mol. The van der Waals surface area contributed by atoms with Gasteiger partial charge in [0.05, 0.1) is 19.9 Å². The van der Waals surface area contributed by atoms with Crippen LogP contribution in [0.3, 0.4) is 0 Å². The van der Waals surface area contributed by atoms with Crippen molar-refractivity contribution < 1.29 is 18.7 Å². The molecule has 0 spiro atoms. The Morgan fingerprint density at radius 3 is 2.67 bits per heavy atom. The number of thioether (sulfide) groups is 1. The Balaban J connectivity index is 1.51. The molecule has 8 nitrogen and oxygen atoms in total. The standard InChI is InChI=1S/C27H26N4O4S/c1-27(26(33)28-16-18-9-11-20(34-2)12-10-18)17-30-23(15-22(29-30)24-8-5-13-35-24)25(32)31(27)19-6-4-7-21(14-19)36-3/h4-15H,16-17H2,1-3H3,(H,28,33)/t27-/m0/s1. The SMILES string of the molecule is COc1ccc(CNC(=O)[C@]2(C)Cn3nc(-c4ccco4)cc3C(=O)N2c2cccc(SC)c2)cc1. The number of carbonyl (C=O) groups excluding carboxylic acids is 2. The Kier molecular flexibility index (Phi) is 6.32. The number of hydrogen-bond acceptors (Lipinski definition) is 6. The van der Waals surface area contributed by atoms with Crippen LogP contribution in [0.5, 0.6) is 5.75 Å². The van der Waals surface area contributed by atoms with E-state index in [9.17, 15) is 9.59 Å². The van der Waals surface area contributed by atoms with E-state index in [0.29, 0.717) is 29.4 Å². The van der Waals surface area contributed by atoms with Gasteiger partial charge in [0.15, 0.2) is 5.76 Å². The van der Waals surface area contributed by atoms with Gasteiger partial charge in [-0.05, 0) is 61.2 Å². The third-order valence-electron chi connectivity index (χ3n) is 6.34. The van der Waals surface area contributed by atoms with Crippen LogP contribution in [0.2, 0.25) is 0 Å². The maximum Gasteiger partial charge on any atom is 0.277 e. The second-order valence-corrected chi connectivity index (χ2v) is 9.58. The van der Waals surface area contributed by atoms with Crippen molar-refractivity contribution in [3.8, 4) is 17.2 Å². The van der Waals surface area contributed by atoms with Gasteiger partial charge in [0.1, 0.15) is 22.7 Å². The molecule has 9 heteroatoms. The van der Waals surface area contributed by atoms with Gasteiger partial charge in [-0.15, -0.1) is 11.8 Å². The first kappa shape index (κ1) is 23.7. The van der Waals surface area contributed by atoms with Crippen molar-refractivity contribution >= 4 is 29.3 Å². The molecule has 1 atom stereocenters. The van der Waals surface area contributed by atoms with Gasteiger partial charge in [0.25, 0.3) is 5.91 Å². The number of amides is 2. The molecule has 36 heavy (non-hydrogen) atoms. The van der Waals surface area contributed by atoms with Gasteiger partial charge in [-0.25, -0.2) is 0 Å². The summed E-state index contributed by atoms with van der Waals surface area (Å²) in [6.45, 7) is 2.28. The summed E-state index contributed by atoms with van der Waals surface area (Å²) in [6.07, 6.45) is 3.54. The number of carbonyl (C=O) groups is 2. The maximum atomic E-state index is 13.9. The average molecular weight is 503 g/mol. The average Bonchev–Trinajstić information content (AvgIpc) is 3.58. The van der Waals surface area contributed by atoms with E-state index in [2.05, 4.69) is 10.4 Å². The fourth-order valence-electron chi connectivity index (χ4n) is 4.40. The molecule has 0 saturated heterocycles. The summed E-state index contributed by atoms with van der Waals surface area (Å²) in [5.41, 5.74) is 1.30. The largest absolute Gasteiger partial charge is 0.497 e. The molecular weight excluding hydrogens is 476 g/mol. The lowest BCUT2D eigenvalue weighted by molar-refractivity contribution is -0.126. The van der Waals surface area contributed by atoms with E-state index in [1.807, 2.05) is 54.8 Å². The van der Waals surface area contributed by atoms with E-state index in [1.54, 1.807) is 59.8 Å². The maximum absolute atomic E-state index is 13.9. The minimum atomic E-state index is -1.22. The van der Waals surface area contributed by atoms with Crippen molar-refractivity contribution in [2.24, 2.45) is 0 Å². The Bertz CT molecular complexity index is 1400. The van der Waals surface area contributed by atoms with Crippen LogP contribution in [0.15, 0.2) is 82.3 Å². The molecule has 4 aromatic rings. The number of benzene rings is 2. The minimum Gasteiger partial charge on any atom is -0.497 e. The molecule has 0 aliphatic carbocycles. The molecule has 184 valence electrons. The third kappa shape index (κ3) is 4.26. The number of ether oxygens (including phenoxy) is 1. The zero-order valence-electron chi connectivity index (χ0n) is 20.2. The summed E-state index contributed by atoms with van der Waals surface area (Å²) in [5.74, 6) is 0.730. The number of nitrogens with one attached hydrogen (secondary N) is 1. The summed E-state index contributed by atoms with van der Waals surface area (Å²) >= 11 is 1.58. The number of hydrogen-bond donors (Lipinski definition) is 1. The summed E-state index contributed by atoms with van der Waals surface area (Å²) in [4.78, 5) is 30.2. The Hall–Kier alpha value is -3.98. The number of rotatable bonds is 7. The predicted molar refractivity (Wildman–Crippen MR) is 138 cm³/mol. The van der Waals surface area contributed by atoms with Gasteiger partial charge in [-0.1, -0.05) is 18.2 Å². The van der Waals surface area contributed by atoms with Crippen LogP contribution in [0, 0.1) is 0 Å². The highest BCUT2D eigenvalue weighted by Gasteiger charge is 2.49. The topological polar surface area (TPSA) is 89.6 Å². The van der Waals surface area contributed by atoms with Crippen LogP contribution in [-0.4, -0.2) is 40.5 Å². The van der Waals surface area contributed by atoms with Gasteiger partial charge >= 0.3 is 0 Å². The highest BCUT2D eigenvalue weighted by atomic mass is 32.2. The van der Waals surface area contributed by atoms with Gasteiger partial charge in [-0.2, -0.15) is 5.10 Å². The van der Waals surface area contributed by atoms with Gasteiger partial charge in [0, 0.05) is 23.2 Å². The van der Waals surface area contributed by atoms with Crippen molar-refractivity contribution in [1.29, 1.82) is 0 Å². The number of anilines is 1. The van der Waals surface area contributed by atoms with Crippen molar-refractivity contribution in [2.75, 3.05) is 18.3 Å². The highest BCUT2D eigenvalue weighted by Crippen LogP contribution is 2.35. The molecule has 0 saturated carbocycles. The molecule has 0 fully saturated rings. The lowest BCUT2D eigenvalue weighted by Crippen LogP contribution is -2.64. The number of fused-ring (bicyclic) bond motifs is 1. The second kappa shape index (κ2) is 9.58. The number of furan rings is 1. The lowest BCUT2D eigenvalue weighted by atomic mass is 9.94. The van der Waals surface area contributed by atoms with E-state index in [-0.39, 0.29) is 18.4 Å². The fourth-order valence-corrected chi connectivity index (χ4v) is 4.85. The number of nitrogens with zero attached hydrogens (tertiary/aromatic N) is 3. The second-order valence-electron chi connectivity index (χ2n) is 8.70. The smallest absolute Gasteiger partial charge is 0.277 e. The van der Waals surface area contributed by atoms with Crippen LogP contribution in [0.4, 0.5) is 5.69 Å². The van der Waals surface area contributed by atoms with Crippen LogP contribution < -0.4 is 15.0 Å². The Morgan fingerprint density at radius 2 is 1.97 bits per heavy atom. The first-order chi connectivity index (χ1) is 17.4. The third-order valence-corrected chi connectivity index (χ3v) is 7.07. The highest BCUT2D eigenvalue weighted by molar-refractivity contribution is 7.98. The molecule has 1 aliphatic heterocycles. The molecular formula is C27H26N4O4S. The molecule has 1 aliphatic rings. The number of aromatic nitrogens is 2. The van der Waals surface area contributed by atoms with Crippen LogP contribution >= 0.6 is 11.8 Å². The number of methoxy groups -OCH3 is 1. The van der Waals surface area contributed by atoms with Gasteiger partial charge < -0.3 is 14.5 Å². The summed E-state index contributed by atoms with van der Waals surface area (Å²) < 4.78 is 12.3. The van der Waals surface area contributed by atoms with Gasteiger partial charge in [-0.3, -0.25) is 19.2 Å². The molecule has 0 unspecified atom stereocenters.